The summed E-state index contributed by atoms with van der Waals surface area (Å²) in [5.74, 6) is -0.671. The number of rotatable bonds is 7. The van der Waals surface area contributed by atoms with Crippen LogP contribution in [-0.4, -0.2) is 20.3 Å². The molecule has 0 unspecified atom stereocenters. The summed E-state index contributed by atoms with van der Waals surface area (Å²) in [5, 5.41) is 4.16. The van der Waals surface area contributed by atoms with Gasteiger partial charge in [-0.25, -0.2) is 13.8 Å². The van der Waals surface area contributed by atoms with E-state index in [2.05, 4.69) is 10.1 Å². The molecule has 0 aliphatic heterocycles. The number of Topliss-reactive ketones (excluding diaryl/α,β-unsaturated/α-hetero) is 1. The first-order valence-electron chi connectivity index (χ1n) is 11.0. The van der Waals surface area contributed by atoms with Crippen molar-refractivity contribution in [2.45, 2.75) is 26.9 Å². The molecule has 0 fully saturated rings. The van der Waals surface area contributed by atoms with Gasteiger partial charge in [-0.2, -0.15) is 0 Å². The van der Waals surface area contributed by atoms with Crippen LogP contribution in [0.25, 0.3) is 16.9 Å². The lowest BCUT2D eigenvalue weighted by molar-refractivity contribution is 0.0986. The van der Waals surface area contributed by atoms with Crippen molar-refractivity contribution in [1.29, 1.82) is 0 Å². The summed E-state index contributed by atoms with van der Waals surface area (Å²) >= 11 is 0. The van der Waals surface area contributed by atoms with Crippen LogP contribution in [0.5, 0.6) is 5.75 Å². The predicted octanol–water partition coefficient (Wildman–Crippen LogP) is 5.89. The molecule has 2 aromatic carbocycles. The molecule has 0 spiro atoms. The molecule has 35 heavy (non-hydrogen) atoms. The number of carbonyl (C=O) groups excluding carboxylic acids is 1. The number of hydrogen-bond acceptors (Lipinski definition) is 5. The fraction of sp³-hybridized carbons (Fsp3) is 0.148. The number of ether oxygens (including phenoxy) is 1. The molecule has 8 heteroatoms. The van der Waals surface area contributed by atoms with Gasteiger partial charge in [-0.05, 0) is 38.1 Å². The Hall–Kier alpha value is -4.33. The molecule has 3 aromatic heterocycles. The summed E-state index contributed by atoms with van der Waals surface area (Å²) in [6.45, 7) is 3.20. The molecule has 0 radical (unpaired) electrons. The average Bonchev–Trinajstić information content (AvgIpc) is 3.38. The molecule has 0 saturated carbocycles. The maximum absolute atomic E-state index is 14.0. The van der Waals surface area contributed by atoms with E-state index in [4.69, 9.17) is 9.26 Å². The molecule has 5 aromatic rings. The first-order valence-corrected chi connectivity index (χ1v) is 11.0. The summed E-state index contributed by atoms with van der Waals surface area (Å²) in [5.41, 5.74) is 3.30. The van der Waals surface area contributed by atoms with Gasteiger partial charge in [0, 0.05) is 23.7 Å². The lowest BCUT2D eigenvalue weighted by atomic mass is 10.0. The largest absolute Gasteiger partial charge is 0.485 e. The SMILES string of the molecule is Cc1nc2c(OCc3c(F)cccc3F)cccn2c1C(=O)Cc1c(-c2ccccc2)noc1C. The Balaban J connectivity index is 1.46. The normalized spacial score (nSPS) is 11.2. The molecular formula is C27H21F2N3O3. The Bertz CT molecular complexity index is 1520. The van der Waals surface area contributed by atoms with E-state index in [9.17, 15) is 13.6 Å². The Morgan fingerprint density at radius 1 is 0.971 bits per heavy atom. The van der Waals surface area contributed by atoms with Gasteiger partial charge in [-0.15, -0.1) is 0 Å². The van der Waals surface area contributed by atoms with Crippen molar-refractivity contribution >= 4 is 11.4 Å². The lowest BCUT2D eigenvalue weighted by Gasteiger charge is -2.09. The second kappa shape index (κ2) is 9.13. The van der Waals surface area contributed by atoms with Gasteiger partial charge in [0.15, 0.2) is 17.2 Å². The van der Waals surface area contributed by atoms with Crippen molar-refractivity contribution in [3.63, 3.8) is 0 Å². The zero-order chi connectivity index (χ0) is 24.5. The van der Waals surface area contributed by atoms with Crippen LogP contribution in [0.1, 0.15) is 33.1 Å². The van der Waals surface area contributed by atoms with E-state index >= 15 is 0 Å². The number of fused-ring (bicyclic) bond motifs is 1. The van der Waals surface area contributed by atoms with Gasteiger partial charge in [0.2, 0.25) is 0 Å². The quantitative estimate of drug-likeness (QED) is 0.276. The highest BCUT2D eigenvalue weighted by Gasteiger charge is 2.23. The van der Waals surface area contributed by atoms with E-state index in [1.807, 2.05) is 30.3 Å². The van der Waals surface area contributed by atoms with E-state index in [0.717, 1.165) is 5.56 Å². The number of ketones is 1. The Kier molecular flexibility index (Phi) is 5.86. The standard InChI is InChI=1S/C27H21F2N3O3/c1-16-26(23(33)14-19-17(2)35-31-25(19)18-8-4-3-5-9-18)32-13-7-12-24(27(32)30-16)34-15-20-21(28)10-6-11-22(20)29/h3-13H,14-15H2,1-2H3. The van der Waals surface area contributed by atoms with E-state index in [-0.39, 0.29) is 24.4 Å². The minimum atomic E-state index is -0.689. The number of imidazole rings is 1. The van der Waals surface area contributed by atoms with Gasteiger partial charge in [-0.1, -0.05) is 41.6 Å². The molecule has 0 aliphatic carbocycles. The molecule has 0 amide bonds. The van der Waals surface area contributed by atoms with Crippen molar-refractivity contribution in [3.05, 3.63) is 107 Å². The fourth-order valence-electron chi connectivity index (χ4n) is 4.09. The van der Waals surface area contributed by atoms with Crippen LogP contribution in [-0.2, 0) is 13.0 Å². The number of pyridine rings is 1. The first kappa shape index (κ1) is 22.5. The summed E-state index contributed by atoms with van der Waals surface area (Å²) in [6.07, 6.45) is 1.78. The second-order valence-corrected chi connectivity index (χ2v) is 8.13. The zero-order valence-corrected chi connectivity index (χ0v) is 19.1. The molecule has 6 nitrogen and oxygen atoms in total. The van der Waals surface area contributed by atoms with Crippen molar-refractivity contribution in [2.75, 3.05) is 0 Å². The Labute approximate surface area is 199 Å². The number of aryl methyl sites for hydroxylation is 2. The Morgan fingerprint density at radius 2 is 1.71 bits per heavy atom. The third kappa shape index (κ3) is 4.19. The van der Waals surface area contributed by atoms with Crippen LogP contribution in [0.3, 0.4) is 0 Å². The maximum atomic E-state index is 14.0. The molecule has 5 rings (SSSR count). The predicted molar refractivity (Wildman–Crippen MR) is 125 cm³/mol. The summed E-state index contributed by atoms with van der Waals surface area (Å²) in [6, 6.07) is 16.5. The minimum Gasteiger partial charge on any atom is -0.485 e. The van der Waals surface area contributed by atoms with Crippen molar-refractivity contribution < 1.29 is 22.8 Å². The molecule has 0 bridgehead atoms. The highest BCUT2D eigenvalue weighted by molar-refractivity contribution is 5.99. The second-order valence-electron chi connectivity index (χ2n) is 8.13. The lowest BCUT2D eigenvalue weighted by Crippen LogP contribution is -2.10. The van der Waals surface area contributed by atoms with Crippen LogP contribution in [0.2, 0.25) is 0 Å². The fourth-order valence-corrected chi connectivity index (χ4v) is 4.09. The van der Waals surface area contributed by atoms with Crippen molar-refractivity contribution in [2.24, 2.45) is 0 Å². The summed E-state index contributed by atoms with van der Waals surface area (Å²) in [4.78, 5) is 18.0. The minimum absolute atomic E-state index is 0.0692. The average molecular weight is 473 g/mol. The Morgan fingerprint density at radius 3 is 2.46 bits per heavy atom. The van der Waals surface area contributed by atoms with Gasteiger partial charge in [0.25, 0.3) is 0 Å². The number of hydrogen-bond donors (Lipinski definition) is 0. The number of halogens is 2. The molecule has 0 saturated heterocycles. The van der Waals surface area contributed by atoms with E-state index in [0.29, 0.717) is 39.8 Å². The third-order valence-corrected chi connectivity index (χ3v) is 5.86. The van der Waals surface area contributed by atoms with Gasteiger partial charge in [-0.3, -0.25) is 9.20 Å². The van der Waals surface area contributed by atoms with Gasteiger partial charge in [0.05, 0.1) is 11.3 Å². The van der Waals surface area contributed by atoms with Crippen LogP contribution in [0.4, 0.5) is 8.78 Å². The van der Waals surface area contributed by atoms with E-state index < -0.39 is 11.6 Å². The monoisotopic (exact) mass is 473 g/mol. The van der Waals surface area contributed by atoms with Gasteiger partial charge >= 0.3 is 0 Å². The molecule has 0 aliphatic rings. The molecule has 176 valence electrons. The van der Waals surface area contributed by atoms with E-state index in [1.54, 1.807) is 36.6 Å². The number of nitrogens with zero attached hydrogens (tertiary/aromatic N) is 3. The topological polar surface area (TPSA) is 69.6 Å². The van der Waals surface area contributed by atoms with E-state index in [1.165, 1.54) is 18.2 Å². The van der Waals surface area contributed by atoms with Crippen LogP contribution < -0.4 is 4.74 Å². The summed E-state index contributed by atoms with van der Waals surface area (Å²) < 4.78 is 40.8. The van der Waals surface area contributed by atoms with Crippen LogP contribution in [0, 0.1) is 25.5 Å². The molecule has 0 atom stereocenters. The summed E-state index contributed by atoms with van der Waals surface area (Å²) in [7, 11) is 0. The highest BCUT2D eigenvalue weighted by atomic mass is 19.1. The molecule has 0 N–H and O–H groups in total. The first-order chi connectivity index (χ1) is 16.9. The van der Waals surface area contributed by atoms with Gasteiger partial charge in [0.1, 0.15) is 35.4 Å². The van der Waals surface area contributed by atoms with Crippen LogP contribution >= 0.6 is 0 Å². The maximum Gasteiger partial charge on any atom is 0.186 e. The van der Waals surface area contributed by atoms with Crippen molar-refractivity contribution in [3.8, 4) is 17.0 Å². The van der Waals surface area contributed by atoms with Gasteiger partial charge < -0.3 is 9.26 Å². The highest BCUT2D eigenvalue weighted by Crippen LogP contribution is 2.28. The van der Waals surface area contributed by atoms with Crippen LogP contribution in [0.15, 0.2) is 71.4 Å². The number of carbonyl (C=O) groups is 1. The molecule has 3 heterocycles. The smallest absolute Gasteiger partial charge is 0.186 e. The number of benzene rings is 2. The van der Waals surface area contributed by atoms with Crippen molar-refractivity contribution in [1.82, 2.24) is 14.5 Å². The third-order valence-electron chi connectivity index (χ3n) is 5.86. The molecular weight excluding hydrogens is 452 g/mol. The number of aromatic nitrogens is 3. The zero-order valence-electron chi connectivity index (χ0n) is 19.1.